The zero-order valence-electron chi connectivity index (χ0n) is 14.9. The van der Waals surface area contributed by atoms with E-state index in [4.69, 9.17) is 9.73 Å². The number of hydrogen-bond donors (Lipinski definition) is 1. The fourth-order valence-corrected chi connectivity index (χ4v) is 2.85. The Morgan fingerprint density at radius 1 is 1.42 bits per heavy atom. The number of hydrogen-bond acceptors (Lipinski definition) is 4. The molecule has 1 saturated heterocycles. The summed E-state index contributed by atoms with van der Waals surface area (Å²) < 4.78 is 5.13. The maximum atomic E-state index is 11.9. The van der Waals surface area contributed by atoms with E-state index in [1.165, 1.54) is 0 Å². The van der Waals surface area contributed by atoms with Gasteiger partial charge in [0.1, 0.15) is 0 Å². The molecule has 0 saturated carbocycles. The number of guanidine groups is 1. The second kappa shape index (κ2) is 9.25. The van der Waals surface area contributed by atoms with Gasteiger partial charge in [0.25, 0.3) is 0 Å². The molecule has 0 spiro atoms. The quantitative estimate of drug-likeness (QED) is 0.508. The number of ether oxygens (including phenoxy) is 1. The van der Waals surface area contributed by atoms with E-state index in [0.29, 0.717) is 13.2 Å². The summed E-state index contributed by atoms with van der Waals surface area (Å²) in [7, 11) is 0. The summed E-state index contributed by atoms with van der Waals surface area (Å²) in [5.74, 6) is 0.843. The molecular formula is C18H28N4O2. The van der Waals surface area contributed by atoms with E-state index in [1.54, 1.807) is 6.20 Å². The van der Waals surface area contributed by atoms with Crippen LogP contribution in [0, 0.1) is 12.8 Å². The highest BCUT2D eigenvalue weighted by molar-refractivity contribution is 5.80. The molecule has 0 bridgehead atoms. The van der Waals surface area contributed by atoms with Crippen molar-refractivity contribution in [3.05, 3.63) is 29.6 Å². The predicted octanol–water partition coefficient (Wildman–Crippen LogP) is 2.13. The van der Waals surface area contributed by atoms with Crippen molar-refractivity contribution in [2.45, 2.75) is 40.2 Å². The van der Waals surface area contributed by atoms with Crippen molar-refractivity contribution in [3.8, 4) is 0 Å². The first kappa shape index (κ1) is 18.2. The van der Waals surface area contributed by atoms with Gasteiger partial charge >= 0.3 is 5.97 Å². The van der Waals surface area contributed by atoms with Crippen molar-refractivity contribution in [1.29, 1.82) is 0 Å². The van der Waals surface area contributed by atoms with Gasteiger partial charge in [-0.3, -0.25) is 9.78 Å². The SMILES string of the molecule is CCNC(=NCc1ncccc1C)N1CCC(C(=O)OCC)CC1. The molecule has 0 aromatic carbocycles. The molecule has 0 amide bonds. The van der Waals surface area contributed by atoms with Crippen LogP contribution in [0.25, 0.3) is 0 Å². The van der Waals surface area contributed by atoms with E-state index in [2.05, 4.69) is 35.1 Å². The molecule has 24 heavy (non-hydrogen) atoms. The van der Waals surface area contributed by atoms with Gasteiger partial charge in [0.15, 0.2) is 5.96 Å². The van der Waals surface area contributed by atoms with Gasteiger partial charge in [-0.15, -0.1) is 0 Å². The second-order valence-electron chi connectivity index (χ2n) is 5.95. The molecule has 1 N–H and O–H groups in total. The Labute approximate surface area is 144 Å². The first-order valence-electron chi connectivity index (χ1n) is 8.76. The summed E-state index contributed by atoms with van der Waals surface area (Å²) in [6, 6.07) is 3.99. The molecule has 132 valence electrons. The molecule has 1 fully saturated rings. The average molecular weight is 332 g/mol. The Hall–Kier alpha value is -2.11. The van der Waals surface area contributed by atoms with Crippen LogP contribution in [-0.2, 0) is 16.1 Å². The maximum Gasteiger partial charge on any atom is 0.309 e. The lowest BCUT2D eigenvalue weighted by molar-refractivity contribution is -0.149. The van der Waals surface area contributed by atoms with Crippen molar-refractivity contribution >= 4 is 11.9 Å². The fraction of sp³-hybridized carbons (Fsp3) is 0.611. The highest BCUT2D eigenvalue weighted by Gasteiger charge is 2.27. The Morgan fingerprint density at radius 3 is 2.79 bits per heavy atom. The number of aromatic nitrogens is 1. The van der Waals surface area contributed by atoms with Gasteiger partial charge in [-0.1, -0.05) is 6.07 Å². The van der Waals surface area contributed by atoms with Crippen molar-refractivity contribution in [2.24, 2.45) is 10.9 Å². The molecule has 1 aromatic rings. The smallest absolute Gasteiger partial charge is 0.309 e. The van der Waals surface area contributed by atoms with Gasteiger partial charge in [-0.05, 0) is 45.2 Å². The van der Waals surface area contributed by atoms with Gasteiger partial charge in [0.2, 0.25) is 0 Å². The fourth-order valence-electron chi connectivity index (χ4n) is 2.85. The molecule has 2 rings (SSSR count). The van der Waals surface area contributed by atoms with Gasteiger partial charge in [-0.2, -0.15) is 0 Å². The first-order chi connectivity index (χ1) is 11.7. The van der Waals surface area contributed by atoms with Crippen molar-refractivity contribution in [2.75, 3.05) is 26.2 Å². The zero-order chi connectivity index (χ0) is 17.4. The molecule has 0 atom stereocenters. The predicted molar refractivity (Wildman–Crippen MR) is 94.7 cm³/mol. The number of nitrogens with zero attached hydrogens (tertiary/aromatic N) is 3. The highest BCUT2D eigenvalue weighted by Crippen LogP contribution is 2.19. The summed E-state index contributed by atoms with van der Waals surface area (Å²) in [6.45, 7) is 9.43. The van der Waals surface area contributed by atoms with Crippen LogP contribution in [0.15, 0.2) is 23.3 Å². The molecule has 2 heterocycles. The lowest BCUT2D eigenvalue weighted by atomic mass is 9.97. The van der Waals surface area contributed by atoms with E-state index in [9.17, 15) is 4.79 Å². The standard InChI is InChI=1S/C18H28N4O2/c1-4-19-18(21-13-16-14(3)7-6-10-20-16)22-11-8-15(9-12-22)17(23)24-5-2/h6-7,10,15H,4-5,8-9,11-13H2,1-3H3,(H,19,21). The number of piperidine rings is 1. The molecule has 6 heteroatoms. The lowest BCUT2D eigenvalue weighted by Crippen LogP contribution is -2.46. The maximum absolute atomic E-state index is 11.9. The molecular weight excluding hydrogens is 304 g/mol. The monoisotopic (exact) mass is 332 g/mol. The summed E-state index contributed by atoms with van der Waals surface area (Å²) >= 11 is 0. The van der Waals surface area contributed by atoms with Gasteiger partial charge < -0.3 is 15.0 Å². The minimum Gasteiger partial charge on any atom is -0.466 e. The van der Waals surface area contributed by atoms with Gasteiger partial charge in [0, 0.05) is 25.8 Å². The van der Waals surface area contributed by atoms with E-state index < -0.39 is 0 Å². The second-order valence-corrected chi connectivity index (χ2v) is 5.95. The number of nitrogens with one attached hydrogen (secondary N) is 1. The van der Waals surface area contributed by atoms with Crippen LogP contribution < -0.4 is 5.32 Å². The normalized spacial score (nSPS) is 16.1. The topological polar surface area (TPSA) is 66.8 Å². The molecule has 6 nitrogen and oxygen atoms in total. The molecule has 1 aromatic heterocycles. The van der Waals surface area contributed by atoms with Crippen molar-refractivity contribution < 1.29 is 9.53 Å². The third-order valence-corrected chi connectivity index (χ3v) is 4.25. The van der Waals surface area contributed by atoms with Crippen LogP contribution in [-0.4, -0.2) is 48.1 Å². The number of pyridine rings is 1. The number of carbonyl (C=O) groups excluding carboxylic acids is 1. The number of likely N-dealkylation sites (tertiary alicyclic amines) is 1. The number of aryl methyl sites for hydroxylation is 1. The Balaban J connectivity index is 1.97. The third kappa shape index (κ3) is 4.94. The molecule has 1 aliphatic heterocycles. The first-order valence-corrected chi connectivity index (χ1v) is 8.76. The molecule has 0 unspecified atom stereocenters. The number of aliphatic imine (C=N–C) groups is 1. The van der Waals surface area contributed by atoms with E-state index in [-0.39, 0.29) is 11.9 Å². The zero-order valence-corrected chi connectivity index (χ0v) is 14.9. The summed E-state index contributed by atoms with van der Waals surface area (Å²) in [6.07, 6.45) is 3.42. The molecule has 1 aliphatic rings. The number of esters is 1. The van der Waals surface area contributed by atoms with Crippen LogP contribution in [0.2, 0.25) is 0 Å². The average Bonchev–Trinajstić information content (AvgIpc) is 2.60. The van der Waals surface area contributed by atoms with E-state index in [1.807, 2.05) is 13.0 Å². The van der Waals surface area contributed by atoms with Gasteiger partial charge in [-0.25, -0.2) is 4.99 Å². The largest absolute Gasteiger partial charge is 0.466 e. The minimum atomic E-state index is -0.0665. The number of rotatable bonds is 5. The van der Waals surface area contributed by atoms with E-state index in [0.717, 1.165) is 49.7 Å². The Bertz CT molecular complexity index is 566. The highest BCUT2D eigenvalue weighted by atomic mass is 16.5. The van der Waals surface area contributed by atoms with Crippen molar-refractivity contribution in [1.82, 2.24) is 15.2 Å². The summed E-state index contributed by atoms with van der Waals surface area (Å²) in [4.78, 5) is 23.2. The Morgan fingerprint density at radius 2 is 2.17 bits per heavy atom. The minimum absolute atomic E-state index is 0.0158. The van der Waals surface area contributed by atoms with Crippen LogP contribution in [0.5, 0.6) is 0 Å². The molecule has 0 radical (unpaired) electrons. The van der Waals surface area contributed by atoms with Crippen LogP contribution in [0.4, 0.5) is 0 Å². The molecule has 0 aliphatic carbocycles. The van der Waals surface area contributed by atoms with Crippen LogP contribution >= 0.6 is 0 Å². The summed E-state index contributed by atoms with van der Waals surface area (Å²) in [5, 5.41) is 3.34. The third-order valence-electron chi connectivity index (χ3n) is 4.25. The van der Waals surface area contributed by atoms with Gasteiger partial charge in [0.05, 0.1) is 24.8 Å². The lowest BCUT2D eigenvalue weighted by Gasteiger charge is -2.33. The number of carbonyl (C=O) groups is 1. The summed E-state index contributed by atoms with van der Waals surface area (Å²) in [5.41, 5.74) is 2.15. The Kier molecular flexibility index (Phi) is 7.03. The van der Waals surface area contributed by atoms with Crippen LogP contribution in [0.1, 0.15) is 37.9 Å². The van der Waals surface area contributed by atoms with Crippen molar-refractivity contribution in [3.63, 3.8) is 0 Å². The van der Waals surface area contributed by atoms with Crippen LogP contribution in [0.3, 0.4) is 0 Å². The van der Waals surface area contributed by atoms with E-state index >= 15 is 0 Å².